The molecule has 0 heterocycles. The molecule has 1 saturated carbocycles. The molecule has 1 atom stereocenters. The van der Waals surface area contributed by atoms with E-state index >= 15 is 0 Å². The minimum absolute atomic E-state index is 0.192. The van der Waals surface area contributed by atoms with Gasteiger partial charge >= 0.3 is 5.97 Å². The van der Waals surface area contributed by atoms with Gasteiger partial charge in [0, 0.05) is 14.6 Å². The van der Waals surface area contributed by atoms with Crippen LogP contribution in [0.1, 0.15) is 12.8 Å². The fourth-order valence-electron chi connectivity index (χ4n) is 1.70. The minimum Gasteiger partial charge on any atom is -0.467 e. The maximum absolute atomic E-state index is 11.7. The molecule has 0 bridgehead atoms. The van der Waals surface area contributed by atoms with E-state index in [4.69, 9.17) is 4.74 Å². The van der Waals surface area contributed by atoms with E-state index in [-0.39, 0.29) is 12.0 Å². The highest BCUT2D eigenvalue weighted by Crippen LogP contribution is 2.36. The Balaban J connectivity index is 2.14. The fraction of sp³-hybridized carbons (Fsp3) is 0.417. The van der Waals surface area contributed by atoms with Crippen LogP contribution in [0.25, 0.3) is 0 Å². The number of benzene rings is 1. The van der Waals surface area contributed by atoms with Crippen molar-refractivity contribution in [3.8, 4) is 0 Å². The number of ether oxygens (including phenoxy) is 1. The normalized spacial score (nSPS) is 16.4. The van der Waals surface area contributed by atoms with Crippen molar-refractivity contribution in [2.75, 3.05) is 12.4 Å². The number of nitrogens with one attached hydrogen (secondary N) is 1. The van der Waals surface area contributed by atoms with Crippen LogP contribution in [0.4, 0.5) is 5.69 Å². The summed E-state index contributed by atoms with van der Waals surface area (Å²) in [5.41, 5.74) is 0.913. The predicted octanol–water partition coefficient (Wildman–Crippen LogP) is 3.58. The first kappa shape index (κ1) is 12.9. The summed E-state index contributed by atoms with van der Waals surface area (Å²) < 4.78 is 6.75. The van der Waals surface area contributed by atoms with E-state index in [0.29, 0.717) is 5.92 Å². The van der Waals surface area contributed by atoms with Gasteiger partial charge in [-0.15, -0.1) is 0 Å². The Morgan fingerprint density at radius 1 is 1.47 bits per heavy atom. The van der Waals surface area contributed by atoms with E-state index < -0.39 is 0 Å². The molecule has 1 N–H and O–H groups in total. The number of carbonyl (C=O) groups excluding carboxylic acids is 1. The van der Waals surface area contributed by atoms with Gasteiger partial charge in [-0.2, -0.15) is 0 Å². The third-order valence-corrected chi connectivity index (χ3v) is 3.94. The summed E-state index contributed by atoms with van der Waals surface area (Å²) in [7, 11) is 1.43. The Hall–Kier alpha value is -0.550. The van der Waals surface area contributed by atoms with Crippen LogP contribution in [-0.4, -0.2) is 19.1 Å². The van der Waals surface area contributed by atoms with Gasteiger partial charge in [-0.1, -0.05) is 15.9 Å². The first-order valence-corrected chi connectivity index (χ1v) is 7.00. The maximum atomic E-state index is 11.7. The molecular weight excluding hydrogens is 350 g/mol. The summed E-state index contributed by atoms with van der Waals surface area (Å²) in [4.78, 5) is 11.7. The lowest BCUT2D eigenvalue weighted by atomic mass is 10.1. The Bertz CT molecular complexity index is 433. The van der Waals surface area contributed by atoms with Crippen molar-refractivity contribution >= 4 is 43.5 Å². The smallest absolute Gasteiger partial charge is 0.328 e. The Morgan fingerprint density at radius 3 is 2.71 bits per heavy atom. The topological polar surface area (TPSA) is 38.3 Å². The average Bonchev–Trinajstić information content (AvgIpc) is 3.11. The number of halogens is 2. The van der Waals surface area contributed by atoms with Crippen LogP contribution in [0.15, 0.2) is 27.1 Å². The van der Waals surface area contributed by atoms with Gasteiger partial charge in [0.15, 0.2) is 0 Å². The number of hydrogen-bond acceptors (Lipinski definition) is 3. The van der Waals surface area contributed by atoms with Crippen molar-refractivity contribution in [1.29, 1.82) is 0 Å². The van der Waals surface area contributed by atoms with E-state index in [1.54, 1.807) is 0 Å². The van der Waals surface area contributed by atoms with Crippen molar-refractivity contribution in [3.05, 3.63) is 27.1 Å². The number of carbonyl (C=O) groups is 1. The van der Waals surface area contributed by atoms with Crippen molar-refractivity contribution in [2.24, 2.45) is 5.92 Å². The molecule has 1 aromatic carbocycles. The second-order valence-corrected chi connectivity index (χ2v) is 5.88. The predicted molar refractivity (Wildman–Crippen MR) is 74.0 cm³/mol. The molecule has 0 saturated heterocycles. The zero-order chi connectivity index (χ0) is 12.4. The molecule has 0 aliphatic heterocycles. The van der Waals surface area contributed by atoms with Gasteiger partial charge in [0.25, 0.3) is 0 Å². The van der Waals surface area contributed by atoms with Crippen LogP contribution in [-0.2, 0) is 9.53 Å². The van der Waals surface area contributed by atoms with Crippen LogP contribution in [0.3, 0.4) is 0 Å². The van der Waals surface area contributed by atoms with E-state index in [9.17, 15) is 4.79 Å². The number of hydrogen-bond donors (Lipinski definition) is 1. The van der Waals surface area contributed by atoms with Gasteiger partial charge in [0.05, 0.1) is 7.11 Å². The highest BCUT2D eigenvalue weighted by molar-refractivity contribution is 9.11. The monoisotopic (exact) mass is 361 g/mol. The molecule has 5 heteroatoms. The molecule has 3 nitrogen and oxygen atoms in total. The molecule has 2 rings (SSSR count). The third-order valence-electron chi connectivity index (χ3n) is 2.79. The van der Waals surface area contributed by atoms with Gasteiger partial charge in [-0.3, -0.25) is 0 Å². The van der Waals surface area contributed by atoms with E-state index in [1.807, 2.05) is 18.2 Å². The summed E-state index contributed by atoms with van der Waals surface area (Å²) in [5, 5.41) is 3.24. The van der Waals surface area contributed by atoms with Crippen molar-refractivity contribution in [3.63, 3.8) is 0 Å². The lowest BCUT2D eigenvalue weighted by molar-refractivity contribution is -0.142. The fourth-order valence-corrected chi connectivity index (χ4v) is 2.86. The van der Waals surface area contributed by atoms with E-state index in [0.717, 1.165) is 27.5 Å². The highest BCUT2D eigenvalue weighted by Gasteiger charge is 2.37. The van der Waals surface area contributed by atoms with E-state index in [2.05, 4.69) is 37.2 Å². The second kappa shape index (κ2) is 5.40. The molecule has 0 spiro atoms. The van der Waals surface area contributed by atoms with Crippen molar-refractivity contribution in [2.45, 2.75) is 18.9 Å². The highest BCUT2D eigenvalue weighted by atomic mass is 79.9. The zero-order valence-electron chi connectivity index (χ0n) is 9.37. The van der Waals surface area contributed by atoms with Crippen LogP contribution in [0.2, 0.25) is 0 Å². The zero-order valence-corrected chi connectivity index (χ0v) is 12.5. The number of esters is 1. The first-order valence-electron chi connectivity index (χ1n) is 5.41. The van der Waals surface area contributed by atoms with Crippen molar-refractivity contribution in [1.82, 2.24) is 0 Å². The summed E-state index contributed by atoms with van der Waals surface area (Å²) in [6, 6.07) is 5.59. The number of methoxy groups -OCH3 is 1. The summed E-state index contributed by atoms with van der Waals surface area (Å²) in [5.74, 6) is 0.209. The van der Waals surface area contributed by atoms with Crippen LogP contribution < -0.4 is 5.32 Å². The lowest BCUT2D eigenvalue weighted by Gasteiger charge is -2.18. The van der Waals surface area contributed by atoms with Gasteiger partial charge in [0.1, 0.15) is 6.04 Å². The Morgan fingerprint density at radius 2 is 2.18 bits per heavy atom. The molecule has 1 fully saturated rings. The van der Waals surface area contributed by atoms with E-state index in [1.165, 1.54) is 7.11 Å². The standard InChI is InChI=1S/C12H13Br2NO2/c1-17-12(16)11(7-2-3-7)15-10-5-4-8(13)6-9(10)14/h4-7,11,15H,2-3H2,1H3. The average molecular weight is 363 g/mol. The van der Waals surface area contributed by atoms with Gasteiger partial charge in [-0.25, -0.2) is 4.79 Å². The van der Waals surface area contributed by atoms with Crippen LogP contribution in [0.5, 0.6) is 0 Å². The molecule has 17 heavy (non-hydrogen) atoms. The minimum atomic E-state index is -0.238. The quantitative estimate of drug-likeness (QED) is 0.832. The molecular formula is C12H13Br2NO2. The van der Waals surface area contributed by atoms with Crippen LogP contribution in [0, 0.1) is 5.92 Å². The van der Waals surface area contributed by atoms with Gasteiger partial charge in [-0.05, 0) is 52.9 Å². The molecule has 1 unspecified atom stereocenters. The van der Waals surface area contributed by atoms with Gasteiger partial charge < -0.3 is 10.1 Å². The van der Waals surface area contributed by atoms with Gasteiger partial charge in [0.2, 0.25) is 0 Å². The third kappa shape index (κ3) is 3.22. The lowest BCUT2D eigenvalue weighted by Crippen LogP contribution is -2.32. The maximum Gasteiger partial charge on any atom is 0.328 e. The van der Waals surface area contributed by atoms with Crippen LogP contribution >= 0.6 is 31.9 Å². The number of rotatable bonds is 4. The summed E-state index contributed by atoms with van der Waals surface area (Å²) >= 11 is 6.87. The molecule has 1 aliphatic carbocycles. The summed E-state index contributed by atoms with van der Waals surface area (Å²) in [6.07, 6.45) is 2.17. The molecule has 1 aliphatic rings. The number of anilines is 1. The second-order valence-electron chi connectivity index (χ2n) is 4.11. The first-order chi connectivity index (χ1) is 8.11. The Labute approximate surface area is 117 Å². The summed E-state index contributed by atoms with van der Waals surface area (Å²) in [6.45, 7) is 0. The molecule has 92 valence electrons. The Kier molecular flexibility index (Phi) is 4.09. The molecule has 1 aromatic rings. The molecule has 0 amide bonds. The largest absolute Gasteiger partial charge is 0.467 e. The van der Waals surface area contributed by atoms with Crippen molar-refractivity contribution < 1.29 is 9.53 Å². The SMILES string of the molecule is COC(=O)C(Nc1ccc(Br)cc1Br)C1CC1. The molecule has 0 aromatic heterocycles. The molecule has 0 radical (unpaired) electrons.